The molecule has 2 heterocycles. The monoisotopic (exact) mass is 349 g/mol. The summed E-state index contributed by atoms with van der Waals surface area (Å²) in [5.41, 5.74) is 0. The summed E-state index contributed by atoms with van der Waals surface area (Å²) >= 11 is 0. The maximum atomic E-state index is 5.73. The number of piperidine rings is 1. The highest BCUT2D eigenvalue weighted by molar-refractivity contribution is 4.95. The van der Waals surface area contributed by atoms with E-state index >= 15 is 0 Å². The van der Waals surface area contributed by atoms with E-state index in [9.17, 15) is 0 Å². The van der Waals surface area contributed by atoms with Crippen molar-refractivity contribution >= 4 is 0 Å². The Hall–Kier alpha value is -0.160. The SMILES string of the molecule is CC1CCN(C2CCC(NC3CCCC3C3COCCN3)CC2)CC1. The third kappa shape index (κ3) is 4.58. The second-order valence-corrected chi connectivity index (χ2v) is 9.23. The molecule has 3 atom stereocenters. The number of ether oxygens (including phenoxy) is 1. The molecule has 0 aromatic carbocycles. The second kappa shape index (κ2) is 8.69. The molecule has 2 aliphatic heterocycles. The minimum Gasteiger partial charge on any atom is -0.379 e. The molecule has 0 amide bonds. The van der Waals surface area contributed by atoms with Gasteiger partial charge in [0.15, 0.2) is 0 Å². The Morgan fingerprint density at radius 1 is 0.960 bits per heavy atom. The third-order valence-electron chi connectivity index (χ3n) is 7.52. The predicted octanol–water partition coefficient (Wildman–Crippen LogP) is 2.78. The normalized spacial score (nSPS) is 41.9. The lowest BCUT2D eigenvalue weighted by Gasteiger charge is -2.41. The molecule has 0 bridgehead atoms. The summed E-state index contributed by atoms with van der Waals surface area (Å²) in [6.07, 6.45) is 12.6. The summed E-state index contributed by atoms with van der Waals surface area (Å²) in [6, 6.07) is 2.94. The van der Waals surface area contributed by atoms with Crippen LogP contribution >= 0.6 is 0 Å². The number of nitrogens with zero attached hydrogens (tertiary/aromatic N) is 1. The first-order valence-corrected chi connectivity index (χ1v) is 11.1. The fourth-order valence-electron chi connectivity index (χ4n) is 5.84. The molecule has 4 aliphatic rings. The van der Waals surface area contributed by atoms with Crippen LogP contribution in [0.25, 0.3) is 0 Å². The van der Waals surface area contributed by atoms with Crippen LogP contribution in [0.2, 0.25) is 0 Å². The summed E-state index contributed by atoms with van der Waals surface area (Å²) in [6.45, 7) is 7.96. The zero-order chi connectivity index (χ0) is 17.1. The smallest absolute Gasteiger partial charge is 0.0623 e. The van der Waals surface area contributed by atoms with E-state index in [0.29, 0.717) is 6.04 Å². The first-order chi connectivity index (χ1) is 12.3. The van der Waals surface area contributed by atoms with Gasteiger partial charge in [-0.25, -0.2) is 0 Å². The Kier molecular flexibility index (Phi) is 6.33. The van der Waals surface area contributed by atoms with Crippen LogP contribution in [0.3, 0.4) is 0 Å². The lowest BCUT2D eigenvalue weighted by atomic mass is 9.86. The molecule has 2 N–H and O–H groups in total. The average molecular weight is 350 g/mol. The lowest BCUT2D eigenvalue weighted by molar-refractivity contribution is 0.0501. The molecule has 0 aromatic heterocycles. The van der Waals surface area contributed by atoms with Crippen LogP contribution in [0.1, 0.15) is 64.7 Å². The maximum absolute atomic E-state index is 5.73. The summed E-state index contributed by atoms with van der Waals surface area (Å²) in [5.74, 6) is 1.73. The van der Waals surface area contributed by atoms with Gasteiger partial charge < -0.3 is 20.3 Å². The van der Waals surface area contributed by atoms with E-state index in [-0.39, 0.29) is 0 Å². The van der Waals surface area contributed by atoms with Gasteiger partial charge in [0.05, 0.1) is 13.2 Å². The van der Waals surface area contributed by atoms with E-state index in [2.05, 4.69) is 22.5 Å². The standard InChI is InChI=1S/C21H39N3O/c1-16-9-12-24(13-10-16)18-7-5-17(6-8-18)23-20-4-2-3-19(20)21-15-25-14-11-22-21/h16-23H,2-15H2,1H3. The molecule has 3 unspecified atom stereocenters. The third-order valence-corrected chi connectivity index (χ3v) is 7.52. The first kappa shape index (κ1) is 18.2. The fourth-order valence-corrected chi connectivity index (χ4v) is 5.84. The zero-order valence-corrected chi connectivity index (χ0v) is 16.2. The van der Waals surface area contributed by atoms with Crippen molar-refractivity contribution in [3.8, 4) is 0 Å². The topological polar surface area (TPSA) is 36.5 Å². The Labute approximate surface area is 154 Å². The van der Waals surface area contributed by atoms with Crippen molar-refractivity contribution in [2.75, 3.05) is 32.8 Å². The molecular formula is C21H39N3O. The van der Waals surface area contributed by atoms with Crippen LogP contribution in [0.15, 0.2) is 0 Å². The quantitative estimate of drug-likeness (QED) is 0.818. The van der Waals surface area contributed by atoms with Crippen LogP contribution in [0.4, 0.5) is 0 Å². The number of likely N-dealkylation sites (tertiary alicyclic amines) is 1. The number of hydrogen-bond donors (Lipinski definition) is 2. The van der Waals surface area contributed by atoms with Gasteiger partial charge in [-0.05, 0) is 76.3 Å². The number of rotatable bonds is 4. The van der Waals surface area contributed by atoms with Gasteiger partial charge in [-0.3, -0.25) is 0 Å². The molecule has 0 radical (unpaired) electrons. The lowest BCUT2D eigenvalue weighted by Crippen LogP contribution is -2.53. The highest BCUT2D eigenvalue weighted by Gasteiger charge is 2.36. The van der Waals surface area contributed by atoms with E-state index in [4.69, 9.17) is 4.74 Å². The maximum Gasteiger partial charge on any atom is 0.0623 e. The van der Waals surface area contributed by atoms with Crippen molar-refractivity contribution in [2.45, 2.75) is 88.9 Å². The summed E-state index contributed by atoms with van der Waals surface area (Å²) in [5, 5.41) is 7.79. The summed E-state index contributed by atoms with van der Waals surface area (Å²) < 4.78 is 5.73. The molecule has 0 spiro atoms. The van der Waals surface area contributed by atoms with Gasteiger partial charge in [-0.15, -0.1) is 0 Å². The highest BCUT2D eigenvalue weighted by atomic mass is 16.5. The Morgan fingerprint density at radius 2 is 1.76 bits per heavy atom. The van der Waals surface area contributed by atoms with Crippen LogP contribution in [0, 0.1) is 11.8 Å². The van der Waals surface area contributed by atoms with Crippen molar-refractivity contribution < 1.29 is 4.74 Å². The van der Waals surface area contributed by atoms with Gasteiger partial charge in [-0.2, -0.15) is 0 Å². The van der Waals surface area contributed by atoms with Gasteiger partial charge in [0.1, 0.15) is 0 Å². The molecule has 2 saturated heterocycles. The largest absolute Gasteiger partial charge is 0.379 e. The number of nitrogens with one attached hydrogen (secondary N) is 2. The highest BCUT2D eigenvalue weighted by Crippen LogP contribution is 2.32. The van der Waals surface area contributed by atoms with E-state index in [1.54, 1.807) is 0 Å². The minimum absolute atomic E-state index is 0.584. The van der Waals surface area contributed by atoms with Crippen molar-refractivity contribution in [3.63, 3.8) is 0 Å². The molecular weight excluding hydrogens is 310 g/mol. The summed E-state index contributed by atoms with van der Waals surface area (Å²) in [7, 11) is 0. The molecule has 4 fully saturated rings. The number of hydrogen-bond acceptors (Lipinski definition) is 4. The molecule has 2 saturated carbocycles. The van der Waals surface area contributed by atoms with Gasteiger partial charge in [0.25, 0.3) is 0 Å². The molecule has 4 heteroatoms. The number of morpholine rings is 1. The van der Waals surface area contributed by atoms with Crippen LogP contribution in [0.5, 0.6) is 0 Å². The predicted molar refractivity (Wildman–Crippen MR) is 103 cm³/mol. The molecule has 4 rings (SSSR count). The van der Waals surface area contributed by atoms with E-state index in [1.807, 2.05) is 0 Å². The second-order valence-electron chi connectivity index (χ2n) is 9.23. The molecule has 4 nitrogen and oxygen atoms in total. The van der Waals surface area contributed by atoms with Crippen molar-refractivity contribution in [1.29, 1.82) is 0 Å². The van der Waals surface area contributed by atoms with E-state index in [0.717, 1.165) is 49.7 Å². The van der Waals surface area contributed by atoms with Gasteiger partial charge in [-0.1, -0.05) is 13.3 Å². The van der Waals surface area contributed by atoms with Gasteiger partial charge >= 0.3 is 0 Å². The van der Waals surface area contributed by atoms with Crippen LogP contribution < -0.4 is 10.6 Å². The zero-order valence-electron chi connectivity index (χ0n) is 16.2. The van der Waals surface area contributed by atoms with Crippen molar-refractivity contribution in [3.05, 3.63) is 0 Å². The van der Waals surface area contributed by atoms with Crippen LogP contribution in [-0.4, -0.2) is 61.9 Å². The molecule has 25 heavy (non-hydrogen) atoms. The first-order valence-electron chi connectivity index (χ1n) is 11.1. The molecule has 2 aliphatic carbocycles. The Balaban J connectivity index is 1.22. The van der Waals surface area contributed by atoms with E-state index < -0.39 is 0 Å². The van der Waals surface area contributed by atoms with Crippen molar-refractivity contribution in [1.82, 2.24) is 15.5 Å². The summed E-state index contributed by atoms with van der Waals surface area (Å²) in [4.78, 5) is 2.80. The van der Waals surface area contributed by atoms with Gasteiger partial charge in [0, 0.05) is 30.7 Å². The molecule has 144 valence electrons. The average Bonchev–Trinajstić information content (AvgIpc) is 3.12. The fraction of sp³-hybridized carbons (Fsp3) is 1.00. The Morgan fingerprint density at radius 3 is 2.48 bits per heavy atom. The Bertz CT molecular complexity index is 396. The van der Waals surface area contributed by atoms with Crippen LogP contribution in [-0.2, 0) is 4.74 Å². The van der Waals surface area contributed by atoms with E-state index in [1.165, 1.54) is 70.9 Å². The van der Waals surface area contributed by atoms with Gasteiger partial charge in [0.2, 0.25) is 0 Å². The van der Waals surface area contributed by atoms with Crippen molar-refractivity contribution in [2.24, 2.45) is 11.8 Å². The molecule has 0 aromatic rings. The minimum atomic E-state index is 0.584.